The average Bonchev–Trinajstić information content (AvgIpc) is 3.11. The van der Waals surface area contributed by atoms with E-state index in [9.17, 15) is 0 Å². The molecule has 5 rings (SSSR count). The van der Waals surface area contributed by atoms with Gasteiger partial charge in [-0.2, -0.15) is 0 Å². The van der Waals surface area contributed by atoms with E-state index in [0.717, 1.165) is 11.2 Å². The number of rotatable bonds is 1. The minimum absolute atomic E-state index is 0.412. The Hall–Kier alpha value is -2.74. The SMILES string of the molecule is CC(C)c1cc2c(c3ccccc3n2C)c2c1oc1ccccc12. The summed E-state index contributed by atoms with van der Waals surface area (Å²) in [4.78, 5) is 0. The van der Waals surface area contributed by atoms with Crippen molar-refractivity contribution in [2.75, 3.05) is 0 Å². The molecule has 0 saturated carbocycles. The largest absolute Gasteiger partial charge is 0.456 e. The number of aromatic nitrogens is 1. The van der Waals surface area contributed by atoms with E-state index >= 15 is 0 Å². The highest BCUT2D eigenvalue weighted by atomic mass is 16.3. The Kier molecular flexibility index (Phi) is 2.64. The zero-order chi connectivity index (χ0) is 16.4. The van der Waals surface area contributed by atoms with Gasteiger partial charge in [-0.25, -0.2) is 0 Å². The average molecular weight is 313 g/mol. The fourth-order valence-electron chi connectivity index (χ4n) is 3.98. The lowest BCUT2D eigenvalue weighted by Crippen LogP contribution is -1.92. The number of benzene rings is 3. The van der Waals surface area contributed by atoms with Crippen LogP contribution in [0.15, 0.2) is 59.0 Å². The summed E-state index contributed by atoms with van der Waals surface area (Å²) in [5.74, 6) is 0.412. The minimum atomic E-state index is 0.412. The normalized spacial score (nSPS) is 12.3. The maximum Gasteiger partial charge on any atom is 0.139 e. The Morgan fingerprint density at radius 2 is 1.54 bits per heavy atom. The summed E-state index contributed by atoms with van der Waals surface area (Å²) >= 11 is 0. The molecule has 2 nitrogen and oxygen atoms in total. The highest BCUT2D eigenvalue weighted by Crippen LogP contribution is 2.42. The summed E-state index contributed by atoms with van der Waals surface area (Å²) < 4.78 is 8.61. The molecule has 5 aromatic rings. The second-order valence-corrected chi connectivity index (χ2v) is 6.89. The molecule has 0 fully saturated rings. The van der Waals surface area contributed by atoms with Crippen LogP contribution in [0.2, 0.25) is 0 Å². The first kappa shape index (κ1) is 13.7. The molecule has 2 aromatic heterocycles. The van der Waals surface area contributed by atoms with Crippen LogP contribution in [0.4, 0.5) is 0 Å². The lowest BCUT2D eigenvalue weighted by atomic mass is 9.96. The Balaban J connectivity index is 2.18. The van der Waals surface area contributed by atoms with Crippen LogP contribution in [-0.2, 0) is 7.05 Å². The van der Waals surface area contributed by atoms with Gasteiger partial charge in [0.2, 0.25) is 0 Å². The topological polar surface area (TPSA) is 18.1 Å². The lowest BCUT2D eigenvalue weighted by Gasteiger charge is -2.08. The molecule has 0 saturated heterocycles. The molecule has 0 aliphatic carbocycles. The van der Waals surface area contributed by atoms with Crippen LogP contribution >= 0.6 is 0 Å². The van der Waals surface area contributed by atoms with Gasteiger partial charge >= 0.3 is 0 Å². The molecule has 0 amide bonds. The van der Waals surface area contributed by atoms with Crippen LogP contribution in [0.3, 0.4) is 0 Å². The third-order valence-corrected chi connectivity index (χ3v) is 5.17. The van der Waals surface area contributed by atoms with Gasteiger partial charge in [0, 0.05) is 39.7 Å². The molecule has 2 heterocycles. The predicted octanol–water partition coefficient (Wildman–Crippen LogP) is 6.35. The van der Waals surface area contributed by atoms with Crippen molar-refractivity contribution in [1.82, 2.24) is 4.57 Å². The Morgan fingerprint density at radius 1 is 0.833 bits per heavy atom. The predicted molar refractivity (Wildman–Crippen MR) is 102 cm³/mol. The van der Waals surface area contributed by atoms with Gasteiger partial charge < -0.3 is 8.98 Å². The standard InChI is InChI=1S/C22H19NO/c1-13(2)16-12-18-20(14-8-4-6-10-17(14)23(18)3)21-15-9-5-7-11-19(15)24-22(16)21/h4-13H,1-3H3. The number of aryl methyl sites for hydroxylation is 1. The van der Waals surface area contributed by atoms with Gasteiger partial charge in [0.05, 0.1) is 5.52 Å². The van der Waals surface area contributed by atoms with E-state index < -0.39 is 0 Å². The molecule has 0 spiro atoms. The molecule has 2 heteroatoms. The second-order valence-electron chi connectivity index (χ2n) is 6.89. The van der Waals surface area contributed by atoms with Crippen LogP contribution in [-0.4, -0.2) is 4.57 Å². The number of fused-ring (bicyclic) bond motifs is 7. The number of hydrogen-bond donors (Lipinski definition) is 0. The first-order valence-corrected chi connectivity index (χ1v) is 8.48. The van der Waals surface area contributed by atoms with Gasteiger partial charge in [0.1, 0.15) is 11.2 Å². The smallest absolute Gasteiger partial charge is 0.139 e. The monoisotopic (exact) mass is 313 g/mol. The van der Waals surface area contributed by atoms with E-state index in [1.54, 1.807) is 0 Å². The Morgan fingerprint density at radius 3 is 2.33 bits per heavy atom. The molecule has 0 radical (unpaired) electrons. The Bertz CT molecular complexity index is 1240. The maximum atomic E-state index is 6.30. The summed E-state index contributed by atoms with van der Waals surface area (Å²) in [5, 5.41) is 5.05. The summed E-state index contributed by atoms with van der Waals surface area (Å²) in [6.45, 7) is 4.47. The van der Waals surface area contributed by atoms with E-state index in [1.807, 2.05) is 6.07 Å². The van der Waals surface area contributed by atoms with Gasteiger partial charge in [0.15, 0.2) is 0 Å². The quantitative estimate of drug-likeness (QED) is 0.352. The summed E-state index contributed by atoms with van der Waals surface area (Å²) in [6, 6.07) is 19.3. The van der Waals surface area contributed by atoms with E-state index in [0.29, 0.717) is 5.92 Å². The van der Waals surface area contributed by atoms with Crippen molar-refractivity contribution < 1.29 is 4.42 Å². The van der Waals surface area contributed by atoms with Crippen LogP contribution in [0, 0.1) is 0 Å². The maximum absolute atomic E-state index is 6.30. The summed E-state index contributed by atoms with van der Waals surface area (Å²) in [7, 11) is 2.16. The van der Waals surface area contributed by atoms with Crippen LogP contribution in [0.5, 0.6) is 0 Å². The van der Waals surface area contributed by atoms with Crippen molar-refractivity contribution >= 4 is 43.7 Å². The van der Waals surface area contributed by atoms with Crippen molar-refractivity contribution in [2.45, 2.75) is 19.8 Å². The highest BCUT2D eigenvalue weighted by Gasteiger charge is 2.20. The van der Waals surface area contributed by atoms with Crippen molar-refractivity contribution in [3.05, 3.63) is 60.2 Å². The van der Waals surface area contributed by atoms with Crippen LogP contribution < -0.4 is 0 Å². The fraction of sp³-hybridized carbons (Fsp3) is 0.182. The third kappa shape index (κ3) is 1.60. The first-order chi connectivity index (χ1) is 11.7. The molecule has 3 aromatic carbocycles. The fourth-order valence-corrected chi connectivity index (χ4v) is 3.98. The molecule has 118 valence electrons. The Labute approximate surface area is 140 Å². The summed E-state index contributed by atoms with van der Waals surface area (Å²) in [6.07, 6.45) is 0. The molecular weight excluding hydrogens is 294 g/mol. The molecule has 0 aliphatic heterocycles. The number of furan rings is 1. The molecule has 0 aliphatic rings. The van der Waals surface area contributed by atoms with Gasteiger partial charge in [-0.15, -0.1) is 0 Å². The van der Waals surface area contributed by atoms with Gasteiger partial charge in [-0.1, -0.05) is 50.2 Å². The van der Waals surface area contributed by atoms with Gasteiger partial charge in [0.25, 0.3) is 0 Å². The van der Waals surface area contributed by atoms with Crippen molar-refractivity contribution in [3.63, 3.8) is 0 Å². The van der Waals surface area contributed by atoms with E-state index in [1.165, 1.54) is 38.1 Å². The second kappa shape index (κ2) is 4.64. The third-order valence-electron chi connectivity index (χ3n) is 5.17. The van der Waals surface area contributed by atoms with Crippen molar-refractivity contribution in [2.24, 2.45) is 7.05 Å². The number of nitrogens with zero attached hydrogens (tertiary/aromatic N) is 1. The van der Waals surface area contributed by atoms with Crippen LogP contribution in [0.1, 0.15) is 25.3 Å². The van der Waals surface area contributed by atoms with Crippen LogP contribution in [0.25, 0.3) is 43.7 Å². The first-order valence-electron chi connectivity index (χ1n) is 8.48. The molecule has 0 unspecified atom stereocenters. The molecule has 24 heavy (non-hydrogen) atoms. The highest BCUT2D eigenvalue weighted by molar-refractivity contribution is 6.27. The number of hydrogen-bond acceptors (Lipinski definition) is 1. The molecular formula is C22H19NO. The van der Waals surface area contributed by atoms with E-state index in [-0.39, 0.29) is 0 Å². The van der Waals surface area contributed by atoms with Crippen molar-refractivity contribution in [3.8, 4) is 0 Å². The lowest BCUT2D eigenvalue weighted by molar-refractivity contribution is 0.657. The van der Waals surface area contributed by atoms with Crippen molar-refractivity contribution in [1.29, 1.82) is 0 Å². The zero-order valence-electron chi connectivity index (χ0n) is 14.1. The molecule has 0 bridgehead atoms. The minimum Gasteiger partial charge on any atom is -0.456 e. The van der Waals surface area contributed by atoms with Gasteiger partial charge in [-0.3, -0.25) is 0 Å². The van der Waals surface area contributed by atoms with Gasteiger partial charge in [-0.05, 0) is 24.1 Å². The van der Waals surface area contributed by atoms with E-state index in [4.69, 9.17) is 4.42 Å². The summed E-state index contributed by atoms with van der Waals surface area (Å²) in [5.41, 5.74) is 5.82. The van der Waals surface area contributed by atoms with E-state index in [2.05, 4.69) is 74.0 Å². The number of para-hydroxylation sites is 2. The zero-order valence-corrected chi connectivity index (χ0v) is 14.1. The molecule has 0 N–H and O–H groups in total. The molecule has 0 atom stereocenters.